The summed E-state index contributed by atoms with van der Waals surface area (Å²) in [4.78, 5) is 15.0. The molecule has 3 aliphatic rings. The van der Waals surface area contributed by atoms with E-state index >= 15 is 0 Å². The first-order chi connectivity index (χ1) is 10.8. The molecule has 0 radical (unpaired) electrons. The Morgan fingerprint density at radius 1 is 1.27 bits per heavy atom. The number of carbonyl (C=O) groups is 1. The van der Waals surface area contributed by atoms with Gasteiger partial charge in [-0.3, -0.25) is 9.69 Å². The van der Waals surface area contributed by atoms with Crippen molar-refractivity contribution >= 4 is 17.7 Å². The van der Waals surface area contributed by atoms with Gasteiger partial charge in [0, 0.05) is 49.8 Å². The number of amides is 1. The summed E-state index contributed by atoms with van der Waals surface area (Å²) in [5.41, 5.74) is 0.191. The molecule has 1 unspecified atom stereocenters. The van der Waals surface area contributed by atoms with Crippen LogP contribution in [0.25, 0.3) is 0 Å². The molecule has 3 rings (SSSR count). The summed E-state index contributed by atoms with van der Waals surface area (Å²) >= 11 is 2.05. The quantitative estimate of drug-likeness (QED) is 0.801. The van der Waals surface area contributed by atoms with Crippen molar-refractivity contribution < 1.29 is 9.53 Å². The Labute approximate surface area is 137 Å². The lowest BCUT2D eigenvalue weighted by atomic mass is 9.80. The Kier molecular flexibility index (Phi) is 6.02. The third kappa shape index (κ3) is 3.96. The summed E-state index contributed by atoms with van der Waals surface area (Å²) < 4.78 is 5.57. The minimum absolute atomic E-state index is 0.0588. The summed E-state index contributed by atoms with van der Waals surface area (Å²) in [6, 6.07) is 0. The molecule has 0 bridgehead atoms. The number of rotatable bonds is 4. The van der Waals surface area contributed by atoms with Crippen molar-refractivity contribution in [1.82, 2.24) is 15.5 Å². The average molecular weight is 327 g/mol. The van der Waals surface area contributed by atoms with Crippen LogP contribution in [0.15, 0.2) is 0 Å². The summed E-state index contributed by atoms with van der Waals surface area (Å²) in [6.45, 7) is 5.24. The maximum absolute atomic E-state index is 12.4. The number of thioether (sulfide) groups is 1. The van der Waals surface area contributed by atoms with Crippen molar-refractivity contribution in [1.29, 1.82) is 0 Å². The van der Waals surface area contributed by atoms with Gasteiger partial charge in [0.15, 0.2) is 0 Å². The molecule has 3 fully saturated rings. The molecule has 0 aromatic carbocycles. The van der Waals surface area contributed by atoms with E-state index in [1.54, 1.807) is 0 Å². The van der Waals surface area contributed by atoms with E-state index < -0.39 is 0 Å². The third-order valence-corrected chi connectivity index (χ3v) is 6.22. The first-order valence-electron chi connectivity index (χ1n) is 8.73. The van der Waals surface area contributed by atoms with Crippen molar-refractivity contribution in [2.75, 3.05) is 50.8 Å². The fourth-order valence-corrected chi connectivity index (χ4v) is 4.85. The Bertz CT molecular complexity index is 362. The van der Waals surface area contributed by atoms with E-state index in [0.29, 0.717) is 13.2 Å². The molecule has 2 N–H and O–H groups in total. The Balaban J connectivity index is 1.58. The lowest BCUT2D eigenvalue weighted by Crippen LogP contribution is -2.60. The highest BCUT2D eigenvalue weighted by atomic mass is 32.2. The number of hydrogen-bond donors (Lipinski definition) is 2. The van der Waals surface area contributed by atoms with Crippen LogP contribution in [0, 0.1) is 0 Å². The van der Waals surface area contributed by atoms with E-state index in [-0.39, 0.29) is 17.6 Å². The summed E-state index contributed by atoms with van der Waals surface area (Å²) in [6.07, 6.45) is 6.06. The van der Waals surface area contributed by atoms with Gasteiger partial charge >= 0.3 is 0 Å². The van der Waals surface area contributed by atoms with Gasteiger partial charge in [0.25, 0.3) is 5.91 Å². The number of nitrogens with zero attached hydrogens (tertiary/aromatic N) is 1. The molecule has 2 saturated heterocycles. The van der Waals surface area contributed by atoms with Crippen molar-refractivity contribution in [2.24, 2.45) is 0 Å². The van der Waals surface area contributed by atoms with Gasteiger partial charge in [-0.2, -0.15) is 11.8 Å². The van der Waals surface area contributed by atoms with Crippen molar-refractivity contribution in [3.05, 3.63) is 0 Å². The normalized spacial score (nSPS) is 29.9. The second-order valence-corrected chi connectivity index (χ2v) is 7.89. The topological polar surface area (TPSA) is 53.6 Å². The zero-order valence-corrected chi connectivity index (χ0v) is 14.3. The van der Waals surface area contributed by atoms with E-state index in [0.717, 1.165) is 13.1 Å². The number of morpholine rings is 1. The van der Waals surface area contributed by atoms with Gasteiger partial charge in [0.2, 0.25) is 0 Å². The largest absolute Gasteiger partial charge is 0.366 e. The number of nitrogens with one attached hydrogen (secondary N) is 2. The van der Waals surface area contributed by atoms with E-state index in [1.807, 2.05) is 0 Å². The monoisotopic (exact) mass is 327 g/mol. The molecule has 2 aliphatic heterocycles. The summed E-state index contributed by atoms with van der Waals surface area (Å²) in [5, 5.41) is 6.44. The van der Waals surface area contributed by atoms with Gasteiger partial charge in [-0.1, -0.05) is 19.3 Å². The molecular formula is C16H29N3O2S. The van der Waals surface area contributed by atoms with Crippen LogP contribution in [0.1, 0.15) is 32.1 Å². The van der Waals surface area contributed by atoms with E-state index in [2.05, 4.69) is 27.3 Å². The molecule has 6 heteroatoms. The predicted molar refractivity (Wildman–Crippen MR) is 90.3 cm³/mol. The third-order valence-electron chi connectivity index (χ3n) is 5.28. The van der Waals surface area contributed by atoms with Crippen molar-refractivity contribution in [2.45, 2.75) is 43.7 Å². The maximum Gasteiger partial charge on any atom is 0.250 e. The number of carbonyl (C=O) groups excluding carboxylic acids is 1. The molecule has 1 atom stereocenters. The fourth-order valence-electron chi connectivity index (χ4n) is 3.95. The molecule has 0 spiro atoms. The van der Waals surface area contributed by atoms with Gasteiger partial charge in [-0.25, -0.2) is 0 Å². The highest BCUT2D eigenvalue weighted by Crippen LogP contribution is 2.34. The highest BCUT2D eigenvalue weighted by Gasteiger charge is 2.39. The molecule has 5 nitrogen and oxygen atoms in total. The van der Waals surface area contributed by atoms with Crippen LogP contribution in [0.2, 0.25) is 0 Å². The molecule has 1 aliphatic carbocycles. The second kappa shape index (κ2) is 7.99. The molecule has 2 heterocycles. The zero-order valence-electron chi connectivity index (χ0n) is 13.4. The maximum atomic E-state index is 12.4. The predicted octanol–water partition coefficient (Wildman–Crippen LogP) is 0.843. The molecular weight excluding hydrogens is 298 g/mol. The van der Waals surface area contributed by atoms with Gasteiger partial charge < -0.3 is 15.4 Å². The van der Waals surface area contributed by atoms with Gasteiger partial charge in [0.05, 0.1) is 6.61 Å². The van der Waals surface area contributed by atoms with Crippen LogP contribution in [-0.4, -0.2) is 73.3 Å². The van der Waals surface area contributed by atoms with Crippen LogP contribution >= 0.6 is 11.8 Å². The molecule has 0 aromatic rings. The lowest BCUT2D eigenvalue weighted by Gasteiger charge is -2.48. The molecule has 1 amide bonds. The Morgan fingerprint density at radius 3 is 2.73 bits per heavy atom. The number of ether oxygens (including phenoxy) is 1. The van der Waals surface area contributed by atoms with Gasteiger partial charge in [-0.05, 0) is 12.8 Å². The average Bonchev–Trinajstić information content (AvgIpc) is 2.62. The lowest BCUT2D eigenvalue weighted by molar-refractivity contribution is -0.135. The van der Waals surface area contributed by atoms with Gasteiger partial charge in [-0.15, -0.1) is 0 Å². The van der Waals surface area contributed by atoms with Crippen molar-refractivity contribution in [3.8, 4) is 0 Å². The zero-order chi connectivity index (χ0) is 15.3. The van der Waals surface area contributed by atoms with Crippen LogP contribution in [0.4, 0.5) is 0 Å². The van der Waals surface area contributed by atoms with E-state index in [1.165, 1.54) is 56.7 Å². The van der Waals surface area contributed by atoms with Crippen LogP contribution in [-0.2, 0) is 9.53 Å². The summed E-state index contributed by atoms with van der Waals surface area (Å²) in [7, 11) is 0. The van der Waals surface area contributed by atoms with Crippen molar-refractivity contribution in [3.63, 3.8) is 0 Å². The minimum Gasteiger partial charge on any atom is -0.366 e. The summed E-state index contributed by atoms with van der Waals surface area (Å²) in [5.74, 6) is 2.51. The van der Waals surface area contributed by atoms with Gasteiger partial charge in [0.1, 0.15) is 6.10 Å². The minimum atomic E-state index is -0.314. The smallest absolute Gasteiger partial charge is 0.250 e. The standard InChI is InChI=1S/C16H29N3O2S/c20-15(14-12-17-6-9-21-14)18-13-16(4-2-1-3-5-16)19-7-10-22-11-8-19/h14,17H,1-13H2,(H,18,20). The van der Waals surface area contributed by atoms with Crippen LogP contribution in [0.3, 0.4) is 0 Å². The Morgan fingerprint density at radius 2 is 2.05 bits per heavy atom. The second-order valence-electron chi connectivity index (χ2n) is 6.67. The van der Waals surface area contributed by atoms with Crippen LogP contribution < -0.4 is 10.6 Å². The van der Waals surface area contributed by atoms with E-state index in [9.17, 15) is 4.79 Å². The fraction of sp³-hybridized carbons (Fsp3) is 0.938. The first kappa shape index (κ1) is 16.6. The number of hydrogen-bond acceptors (Lipinski definition) is 5. The van der Waals surface area contributed by atoms with E-state index in [4.69, 9.17) is 4.74 Å². The molecule has 1 saturated carbocycles. The highest BCUT2D eigenvalue weighted by molar-refractivity contribution is 7.99. The van der Waals surface area contributed by atoms with Crippen LogP contribution in [0.5, 0.6) is 0 Å². The molecule has 0 aromatic heterocycles. The molecule has 126 valence electrons. The SMILES string of the molecule is O=C(NCC1(N2CCSCC2)CCCCC1)C1CNCCO1. The molecule has 22 heavy (non-hydrogen) atoms. The Hall–Kier alpha value is -0.300. The first-order valence-corrected chi connectivity index (χ1v) is 9.88.